The van der Waals surface area contributed by atoms with Gasteiger partial charge in [0.25, 0.3) is 0 Å². The van der Waals surface area contributed by atoms with Crippen LogP contribution in [0, 0.1) is 11.8 Å². The fourth-order valence-electron chi connectivity index (χ4n) is 6.35. The van der Waals surface area contributed by atoms with Crippen molar-refractivity contribution in [2.75, 3.05) is 6.61 Å². The highest BCUT2D eigenvalue weighted by Crippen LogP contribution is 2.63. The number of fused-ring (bicyclic) bond motifs is 1. The van der Waals surface area contributed by atoms with Gasteiger partial charge in [-0.25, -0.2) is 0 Å². The zero-order valence-electron chi connectivity index (χ0n) is 20.5. The Morgan fingerprint density at radius 2 is 1.91 bits per heavy atom. The molecular weight excluding hydrogens is 434 g/mol. The number of rotatable bonds is 9. The molecule has 3 amide bonds. The van der Waals surface area contributed by atoms with Crippen LogP contribution in [0.25, 0.3) is 0 Å². The second kappa shape index (κ2) is 9.30. The first-order valence-corrected chi connectivity index (χ1v) is 12.4. The number of benzene rings is 1. The first-order valence-electron chi connectivity index (χ1n) is 12.4. The first-order chi connectivity index (χ1) is 16.2. The van der Waals surface area contributed by atoms with Crippen LogP contribution in [0.15, 0.2) is 30.3 Å². The van der Waals surface area contributed by atoms with E-state index < -0.39 is 35.1 Å². The summed E-state index contributed by atoms with van der Waals surface area (Å²) in [6.07, 6.45) is 2.86. The summed E-state index contributed by atoms with van der Waals surface area (Å²) >= 11 is 0. The maximum Gasteiger partial charge on any atom is 0.246 e. The highest BCUT2D eigenvalue weighted by Gasteiger charge is 2.78. The van der Waals surface area contributed by atoms with Crippen molar-refractivity contribution in [2.45, 2.75) is 89.3 Å². The van der Waals surface area contributed by atoms with Crippen LogP contribution in [0.2, 0.25) is 0 Å². The first kappa shape index (κ1) is 24.7. The lowest BCUT2D eigenvalue weighted by molar-refractivity contribution is -0.149. The van der Waals surface area contributed by atoms with Crippen LogP contribution in [0.5, 0.6) is 0 Å². The standard InChI is InChI=1S/C26H37N3O5/c1-5-9-16(2)28-23(32)21-26-13-12-25(4,34-26)19(20(26)24(33)29(21)17(3)15-30)22(31)27-14-18-10-7-6-8-11-18/h6-8,10-11,16-17,19-21,30H,5,9,12-15H2,1-4H3,(H,27,31)(H,28,32)/t16?,17-,19+,20+,21?,25-,26?/m1/s1. The molecule has 0 aliphatic carbocycles. The third-order valence-electron chi connectivity index (χ3n) is 7.90. The van der Waals surface area contributed by atoms with Crippen LogP contribution in [0.3, 0.4) is 0 Å². The van der Waals surface area contributed by atoms with Crippen molar-refractivity contribution in [3.05, 3.63) is 35.9 Å². The van der Waals surface area contributed by atoms with Gasteiger partial charge in [0, 0.05) is 12.6 Å². The van der Waals surface area contributed by atoms with Crippen molar-refractivity contribution < 1.29 is 24.2 Å². The number of hydrogen-bond donors (Lipinski definition) is 3. The van der Waals surface area contributed by atoms with Crippen LogP contribution in [0.4, 0.5) is 0 Å². The molecule has 3 aliphatic heterocycles. The Kier molecular flexibility index (Phi) is 6.75. The molecule has 186 valence electrons. The summed E-state index contributed by atoms with van der Waals surface area (Å²) in [5.41, 5.74) is -0.918. The fourth-order valence-corrected chi connectivity index (χ4v) is 6.35. The summed E-state index contributed by atoms with van der Waals surface area (Å²) in [6, 6.07) is 8.13. The van der Waals surface area contributed by atoms with E-state index >= 15 is 0 Å². The molecule has 3 fully saturated rings. The van der Waals surface area contributed by atoms with Crippen LogP contribution >= 0.6 is 0 Å². The van der Waals surface area contributed by atoms with Gasteiger partial charge in [0.1, 0.15) is 11.6 Å². The minimum Gasteiger partial charge on any atom is -0.394 e. The van der Waals surface area contributed by atoms with Gasteiger partial charge < -0.3 is 25.4 Å². The third kappa shape index (κ3) is 3.90. The largest absolute Gasteiger partial charge is 0.394 e. The van der Waals surface area contributed by atoms with E-state index in [0.717, 1.165) is 18.4 Å². The molecule has 3 N–H and O–H groups in total. The third-order valence-corrected chi connectivity index (χ3v) is 7.90. The SMILES string of the molecule is CCCC(C)NC(=O)C1N([C@H](C)CO)C(=O)[C@@H]2[C@@H](C(=O)NCc3ccccc3)[C@@]3(C)CCC12O3. The van der Waals surface area contributed by atoms with Crippen LogP contribution in [-0.2, 0) is 25.7 Å². The van der Waals surface area contributed by atoms with Crippen LogP contribution in [0.1, 0.15) is 58.9 Å². The van der Waals surface area contributed by atoms with Gasteiger partial charge in [0.05, 0.1) is 30.1 Å². The van der Waals surface area contributed by atoms with Gasteiger partial charge in [0.15, 0.2) is 0 Å². The predicted molar refractivity (Wildman–Crippen MR) is 126 cm³/mol. The van der Waals surface area contributed by atoms with Crippen molar-refractivity contribution >= 4 is 17.7 Å². The van der Waals surface area contributed by atoms with Crippen molar-refractivity contribution in [1.82, 2.24) is 15.5 Å². The molecule has 3 heterocycles. The molecule has 8 heteroatoms. The molecule has 7 atom stereocenters. The molecule has 8 nitrogen and oxygen atoms in total. The number of likely N-dealkylation sites (tertiary alicyclic amines) is 1. The number of carbonyl (C=O) groups is 3. The average Bonchev–Trinajstić information content (AvgIpc) is 3.38. The number of nitrogens with zero attached hydrogens (tertiary/aromatic N) is 1. The van der Waals surface area contributed by atoms with E-state index in [4.69, 9.17) is 4.74 Å². The number of nitrogens with one attached hydrogen (secondary N) is 2. The van der Waals surface area contributed by atoms with E-state index in [1.165, 1.54) is 4.90 Å². The molecule has 0 aromatic heterocycles. The molecule has 0 radical (unpaired) electrons. The number of aliphatic hydroxyl groups is 1. The van der Waals surface area contributed by atoms with E-state index in [0.29, 0.717) is 19.4 Å². The second-order valence-corrected chi connectivity index (χ2v) is 10.4. The van der Waals surface area contributed by atoms with E-state index in [1.807, 2.05) is 44.2 Å². The Bertz CT molecular complexity index is 940. The highest BCUT2D eigenvalue weighted by molar-refractivity contribution is 5.99. The Morgan fingerprint density at radius 1 is 1.21 bits per heavy atom. The molecule has 0 saturated carbocycles. The highest BCUT2D eigenvalue weighted by atomic mass is 16.5. The molecule has 1 spiro atoms. The lowest BCUT2D eigenvalue weighted by Gasteiger charge is -2.36. The van der Waals surface area contributed by atoms with Crippen molar-refractivity contribution in [2.24, 2.45) is 11.8 Å². The molecule has 1 aromatic rings. The molecule has 1 aromatic carbocycles. The molecule has 4 rings (SSSR count). The lowest BCUT2D eigenvalue weighted by Crippen LogP contribution is -2.58. The van der Waals surface area contributed by atoms with Gasteiger partial charge >= 0.3 is 0 Å². The number of aliphatic hydroxyl groups excluding tert-OH is 1. The topological polar surface area (TPSA) is 108 Å². The molecule has 34 heavy (non-hydrogen) atoms. The quantitative estimate of drug-likeness (QED) is 0.509. The number of hydrogen-bond acceptors (Lipinski definition) is 5. The van der Waals surface area contributed by atoms with Gasteiger partial charge in [-0.3, -0.25) is 14.4 Å². The summed E-state index contributed by atoms with van der Waals surface area (Å²) in [5, 5.41) is 15.9. The van der Waals surface area contributed by atoms with E-state index in [2.05, 4.69) is 17.6 Å². The molecular formula is C26H37N3O5. The monoisotopic (exact) mass is 471 g/mol. The zero-order chi connectivity index (χ0) is 24.7. The van der Waals surface area contributed by atoms with E-state index in [1.54, 1.807) is 6.92 Å². The van der Waals surface area contributed by atoms with Crippen LogP contribution in [-0.4, -0.2) is 63.7 Å². The molecule has 3 aliphatic rings. The Hall–Kier alpha value is -2.45. The fraction of sp³-hybridized carbons (Fsp3) is 0.654. The minimum absolute atomic E-state index is 0.0477. The molecule has 2 bridgehead atoms. The Balaban J connectivity index is 1.64. The zero-order valence-corrected chi connectivity index (χ0v) is 20.5. The summed E-state index contributed by atoms with van der Waals surface area (Å²) in [4.78, 5) is 42.3. The summed E-state index contributed by atoms with van der Waals surface area (Å²) in [6.45, 7) is 7.69. The second-order valence-electron chi connectivity index (χ2n) is 10.4. The van der Waals surface area contributed by atoms with Gasteiger partial charge in [-0.2, -0.15) is 0 Å². The van der Waals surface area contributed by atoms with Crippen molar-refractivity contribution in [3.63, 3.8) is 0 Å². The number of ether oxygens (including phenoxy) is 1. The van der Waals surface area contributed by atoms with Crippen molar-refractivity contribution in [3.8, 4) is 0 Å². The van der Waals surface area contributed by atoms with Gasteiger partial charge in [-0.15, -0.1) is 0 Å². The maximum atomic E-state index is 13.8. The van der Waals surface area contributed by atoms with Gasteiger partial charge in [-0.1, -0.05) is 43.7 Å². The molecule has 3 unspecified atom stereocenters. The Labute approximate surface area is 201 Å². The van der Waals surface area contributed by atoms with E-state index in [-0.39, 0.29) is 30.4 Å². The summed E-state index contributed by atoms with van der Waals surface area (Å²) < 4.78 is 6.56. The molecule has 3 saturated heterocycles. The summed E-state index contributed by atoms with van der Waals surface area (Å²) in [7, 11) is 0. The van der Waals surface area contributed by atoms with Crippen LogP contribution < -0.4 is 10.6 Å². The number of carbonyl (C=O) groups excluding carboxylic acids is 3. The van der Waals surface area contributed by atoms with E-state index in [9.17, 15) is 19.5 Å². The lowest BCUT2D eigenvalue weighted by atomic mass is 9.66. The number of amides is 3. The summed E-state index contributed by atoms with van der Waals surface area (Å²) in [5.74, 6) is -2.24. The normalized spacial score (nSPS) is 33.5. The Morgan fingerprint density at radius 3 is 2.56 bits per heavy atom. The maximum absolute atomic E-state index is 13.8. The minimum atomic E-state index is -1.07. The predicted octanol–water partition coefficient (Wildman–Crippen LogP) is 1.75. The smallest absolute Gasteiger partial charge is 0.246 e. The van der Waals surface area contributed by atoms with Gasteiger partial charge in [-0.05, 0) is 45.6 Å². The van der Waals surface area contributed by atoms with Crippen molar-refractivity contribution in [1.29, 1.82) is 0 Å². The van der Waals surface area contributed by atoms with Gasteiger partial charge in [0.2, 0.25) is 17.7 Å². The average molecular weight is 472 g/mol.